The third-order valence-corrected chi connectivity index (χ3v) is 4.24. The number of hydrogen-bond acceptors (Lipinski definition) is 2. The molecule has 0 saturated heterocycles. The van der Waals surface area contributed by atoms with Crippen molar-refractivity contribution >= 4 is 11.4 Å². The van der Waals surface area contributed by atoms with Crippen LogP contribution in [-0.2, 0) is 0 Å². The lowest BCUT2D eigenvalue weighted by molar-refractivity contribution is 0.851. The average molecular weight is 298 g/mol. The summed E-state index contributed by atoms with van der Waals surface area (Å²) in [6.07, 6.45) is 0. The monoisotopic (exact) mass is 298 g/mol. The summed E-state index contributed by atoms with van der Waals surface area (Å²) in [5, 5.41) is 7.05. The summed E-state index contributed by atoms with van der Waals surface area (Å²) in [6, 6.07) is 31.5. The molecule has 0 saturated carbocycles. The van der Waals surface area contributed by atoms with Crippen LogP contribution < -0.4 is 5.01 Å². The topological polar surface area (TPSA) is 15.6 Å². The molecule has 1 aliphatic heterocycles. The zero-order valence-corrected chi connectivity index (χ0v) is 12.8. The maximum Gasteiger partial charge on any atom is 0.0775 e. The van der Waals surface area contributed by atoms with Gasteiger partial charge < -0.3 is 0 Å². The maximum atomic E-state index is 4.94. The van der Waals surface area contributed by atoms with Gasteiger partial charge in [-0.15, -0.1) is 0 Å². The van der Waals surface area contributed by atoms with E-state index in [4.69, 9.17) is 5.10 Å². The molecule has 0 spiro atoms. The molecule has 3 aromatic rings. The van der Waals surface area contributed by atoms with E-state index < -0.39 is 0 Å². The molecule has 0 N–H and O–H groups in total. The molecule has 1 unspecified atom stereocenters. The van der Waals surface area contributed by atoms with Crippen molar-refractivity contribution in [2.75, 3.05) is 11.6 Å². The highest BCUT2D eigenvalue weighted by molar-refractivity contribution is 6.07. The van der Waals surface area contributed by atoms with Gasteiger partial charge in [0.25, 0.3) is 0 Å². The van der Waals surface area contributed by atoms with E-state index in [1.165, 1.54) is 11.1 Å². The number of hydrogen-bond donors (Lipinski definition) is 0. The van der Waals surface area contributed by atoms with Gasteiger partial charge in [0.15, 0.2) is 0 Å². The molecule has 0 aliphatic carbocycles. The summed E-state index contributed by atoms with van der Waals surface area (Å²) in [5.74, 6) is 0.291. The van der Waals surface area contributed by atoms with Crippen LogP contribution in [0.4, 0.5) is 5.69 Å². The minimum Gasteiger partial charge on any atom is -0.264 e. The van der Waals surface area contributed by atoms with Crippen molar-refractivity contribution in [3.05, 3.63) is 102 Å². The number of nitrogens with zero attached hydrogens (tertiary/aromatic N) is 2. The third-order valence-electron chi connectivity index (χ3n) is 4.24. The fourth-order valence-corrected chi connectivity index (χ4v) is 3.08. The van der Waals surface area contributed by atoms with Crippen molar-refractivity contribution < 1.29 is 0 Å². The number of rotatable bonds is 3. The zero-order chi connectivity index (χ0) is 15.5. The Kier molecular flexibility index (Phi) is 3.65. The normalized spacial score (nSPS) is 17.1. The summed E-state index contributed by atoms with van der Waals surface area (Å²) >= 11 is 0. The predicted molar refractivity (Wildman–Crippen MR) is 96.0 cm³/mol. The summed E-state index contributed by atoms with van der Waals surface area (Å²) in [5.41, 5.74) is 4.79. The lowest BCUT2D eigenvalue weighted by atomic mass is 9.91. The molecule has 1 aliphatic rings. The first kappa shape index (κ1) is 13.8. The largest absolute Gasteiger partial charge is 0.264 e. The zero-order valence-electron chi connectivity index (χ0n) is 12.8. The minimum absolute atomic E-state index is 0.291. The van der Waals surface area contributed by atoms with Crippen LogP contribution >= 0.6 is 0 Å². The Balaban J connectivity index is 1.76. The third kappa shape index (κ3) is 2.76. The van der Waals surface area contributed by atoms with Crippen molar-refractivity contribution in [2.24, 2.45) is 5.10 Å². The molecule has 2 nitrogen and oxygen atoms in total. The molecule has 3 aromatic carbocycles. The molecular weight excluding hydrogens is 280 g/mol. The Morgan fingerprint density at radius 1 is 0.696 bits per heavy atom. The first-order chi connectivity index (χ1) is 11.4. The van der Waals surface area contributed by atoms with Crippen LogP contribution in [0, 0.1) is 0 Å². The SMILES string of the molecule is c1ccc(C2=NN(c3ccccc3)CC2c2ccccc2)cc1. The molecule has 0 fully saturated rings. The molecule has 1 heterocycles. The van der Waals surface area contributed by atoms with E-state index >= 15 is 0 Å². The highest BCUT2D eigenvalue weighted by Gasteiger charge is 2.29. The number of benzene rings is 3. The number of anilines is 1. The van der Waals surface area contributed by atoms with Gasteiger partial charge in [-0.05, 0) is 23.3 Å². The summed E-state index contributed by atoms with van der Waals surface area (Å²) in [4.78, 5) is 0. The quantitative estimate of drug-likeness (QED) is 0.684. The molecule has 4 rings (SSSR count). The number of hydrazone groups is 1. The van der Waals surface area contributed by atoms with Crippen LogP contribution in [0.2, 0.25) is 0 Å². The van der Waals surface area contributed by atoms with Crippen LogP contribution in [0.5, 0.6) is 0 Å². The van der Waals surface area contributed by atoms with Gasteiger partial charge in [0.2, 0.25) is 0 Å². The molecule has 0 radical (unpaired) electrons. The Labute approximate surface area is 136 Å². The fourth-order valence-electron chi connectivity index (χ4n) is 3.08. The second kappa shape index (κ2) is 6.09. The van der Waals surface area contributed by atoms with Gasteiger partial charge >= 0.3 is 0 Å². The Hall–Kier alpha value is -2.87. The van der Waals surface area contributed by atoms with Gasteiger partial charge in [-0.25, -0.2) is 0 Å². The van der Waals surface area contributed by atoms with Crippen LogP contribution in [0.15, 0.2) is 96.1 Å². The molecule has 23 heavy (non-hydrogen) atoms. The highest BCUT2D eigenvalue weighted by Crippen LogP contribution is 2.31. The first-order valence-corrected chi connectivity index (χ1v) is 7.93. The van der Waals surface area contributed by atoms with Crippen molar-refractivity contribution in [3.8, 4) is 0 Å². The van der Waals surface area contributed by atoms with Crippen molar-refractivity contribution in [1.82, 2.24) is 0 Å². The van der Waals surface area contributed by atoms with Crippen LogP contribution in [0.25, 0.3) is 0 Å². The molecular formula is C21H18N2. The average Bonchev–Trinajstić information content (AvgIpc) is 3.09. The lowest BCUT2D eigenvalue weighted by Crippen LogP contribution is -2.18. The van der Waals surface area contributed by atoms with E-state index in [9.17, 15) is 0 Å². The molecule has 0 amide bonds. The second-order valence-electron chi connectivity index (χ2n) is 5.73. The first-order valence-electron chi connectivity index (χ1n) is 7.93. The molecule has 0 bridgehead atoms. The number of para-hydroxylation sites is 1. The van der Waals surface area contributed by atoms with Gasteiger partial charge in [-0.1, -0.05) is 78.9 Å². The minimum atomic E-state index is 0.291. The second-order valence-corrected chi connectivity index (χ2v) is 5.73. The fraction of sp³-hybridized carbons (Fsp3) is 0.0952. The van der Waals surface area contributed by atoms with Crippen LogP contribution in [0.1, 0.15) is 17.0 Å². The predicted octanol–water partition coefficient (Wildman–Crippen LogP) is 4.69. The summed E-state index contributed by atoms with van der Waals surface area (Å²) in [6.45, 7) is 0.873. The maximum absolute atomic E-state index is 4.94. The van der Waals surface area contributed by atoms with Gasteiger partial charge in [0.1, 0.15) is 0 Å². The van der Waals surface area contributed by atoms with E-state index in [0.29, 0.717) is 5.92 Å². The van der Waals surface area contributed by atoms with E-state index in [1.807, 2.05) is 12.1 Å². The Morgan fingerprint density at radius 3 is 1.91 bits per heavy atom. The summed E-state index contributed by atoms with van der Waals surface area (Å²) in [7, 11) is 0. The van der Waals surface area contributed by atoms with E-state index in [-0.39, 0.29) is 0 Å². The highest BCUT2D eigenvalue weighted by atomic mass is 15.5. The van der Waals surface area contributed by atoms with E-state index in [1.54, 1.807) is 0 Å². The van der Waals surface area contributed by atoms with E-state index in [2.05, 4.69) is 83.9 Å². The van der Waals surface area contributed by atoms with Crippen molar-refractivity contribution in [3.63, 3.8) is 0 Å². The molecule has 112 valence electrons. The summed E-state index contributed by atoms with van der Waals surface area (Å²) < 4.78 is 0. The van der Waals surface area contributed by atoms with E-state index in [0.717, 1.165) is 17.9 Å². The lowest BCUT2D eigenvalue weighted by Gasteiger charge is -2.16. The van der Waals surface area contributed by atoms with Gasteiger partial charge in [-0.2, -0.15) is 5.10 Å². The van der Waals surface area contributed by atoms with Crippen LogP contribution in [-0.4, -0.2) is 12.3 Å². The molecule has 0 aromatic heterocycles. The standard InChI is InChI=1S/C21H18N2/c1-4-10-17(11-5-1)20-16-23(19-14-8-3-9-15-19)22-21(20)18-12-6-2-7-13-18/h1-15,20H,16H2. The Bertz CT molecular complexity index is 795. The van der Waals surface area contributed by atoms with Crippen LogP contribution in [0.3, 0.4) is 0 Å². The van der Waals surface area contributed by atoms with Crippen molar-refractivity contribution in [1.29, 1.82) is 0 Å². The van der Waals surface area contributed by atoms with Gasteiger partial charge in [-0.3, -0.25) is 5.01 Å². The molecule has 2 heteroatoms. The Morgan fingerprint density at radius 2 is 1.26 bits per heavy atom. The van der Waals surface area contributed by atoms with Crippen molar-refractivity contribution in [2.45, 2.75) is 5.92 Å². The smallest absolute Gasteiger partial charge is 0.0775 e. The van der Waals surface area contributed by atoms with Gasteiger partial charge in [0.05, 0.1) is 17.9 Å². The van der Waals surface area contributed by atoms with Gasteiger partial charge in [0, 0.05) is 5.92 Å². The molecule has 1 atom stereocenters.